The highest BCUT2D eigenvalue weighted by Crippen LogP contribution is 2.25. The summed E-state index contributed by atoms with van der Waals surface area (Å²) >= 11 is 5.87. The molecule has 0 aliphatic carbocycles. The number of hydrogen-bond donors (Lipinski definition) is 0. The molecule has 2 rings (SSSR count). The van der Waals surface area contributed by atoms with E-state index in [1.165, 1.54) is 36.5 Å². The highest BCUT2D eigenvalue weighted by Gasteiger charge is 2.16. The first kappa shape index (κ1) is 13.2. The zero-order valence-corrected chi connectivity index (χ0v) is 10.3. The fourth-order valence-electron chi connectivity index (χ4n) is 1.44. The number of halogens is 2. The van der Waals surface area contributed by atoms with Crippen molar-refractivity contribution in [1.82, 2.24) is 4.98 Å². The summed E-state index contributed by atoms with van der Waals surface area (Å²) in [6, 6.07) is 6.75. The van der Waals surface area contributed by atoms with E-state index in [1.54, 1.807) is 0 Å². The van der Waals surface area contributed by atoms with Crippen molar-refractivity contribution in [2.75, 3.05) is 0 Å². The zero-order chi connectivity index (χ0) is 13.8. The molecule has 0 saturated heterocycles. The predicted molar refractivity (Wildman–Crippen MR) is 66.6 cm³/mol. The van der Waals surface area contributed by atoms with Crippen LogP contribution in [0.5, 0.6) is 5.75 Å². The van der Waals surface area contributed by atoms with Crippen LogP contribution in [0.25, 0.3) is 0 Å². The van der Waals surface area contributed by atoms with E-state index in [9.17, 15) is 14.5 Å². The summed E-state index contributed by atoms with van der Waals surface area (Å²) in [6.07, 6.45) is 1.29. The lowest BCUT2D eigenvalue weighted by molar-refractivity contribution is -0.390. The third kappa shape index (κ3) is 3.17. The number of pyridine rings is 1. The fourth-order valence-corrected chi connectivity index (χ4v) is 1.61. The number of nitro groups is 1. The lowest BCUT2D eigenvalue weighted by Crippen LogP contribution is -2.01. The number of benzene rings is 1. The molecule has 19 heavy (non-hydrogen) atoms. The third-order valence-corrected chi connectivity index (χ3v) is 2.68. The number of aromatic nitrogens is 1. The minimum absolute atomic E-state index is 0.00725. The van der Waals surface area contributed by atoms with Crippen molar-refractivity contribution in [2.45, 2.75) is 6.61 Å². The molecule has 0 spiro atoms. The lowest BCUT2D eigenvalue weighted by Gasteiger charge is -2.07. The molecule has 0 fully saturated rings. The Labute approximate surface area is 112 Å². The molecule has 0 saturated carbocycles. The van der Waals surface area contributed by atoms with Crippen molar-refractivity contribution < 1.29 is 14.1 Å². The Morgan fingerprint density at radius 1 is 1.42 bits per heavy atom. The van der Waals surface area contributed by atoms with E-state index < -0.39 is 16.6 Å². The topological polar surface area (TPSA) is 65.3 Å². The molecule has 5 nitrogen and oxygen atoms in total. The molecule has 0 radical (unpaired) electrons. The molecular weight excluding hydrogens is 275 g/mol. The van der Waals surface area contributed by atoms with Crippen LogP contribution in [0.15, 0.2) is 36.5 Å². The van der Waals surface area contributed by atoms with Gasteiger partial charge in [-0.15, -0.1) is 0 Å². The maximum Gasteiger partial charge on any atom is 0.406 e. The van der Waals surface area contributed by atoms with E-state index in [1.807, 2.05) is 0 Å². The first-order valence-electron chi connectivity index (χ1n) is 5.24. The van der Waals surface area contributed by atoms with E-state index in [4.69, 9.17) is 16.3 Å². The molecule has 1 heterocycles. The predicted octanol–water partition coefficient (Wildman–Crippen LogP) is 3.36. The molecule has 7 heteroatoms. The van der Waals surface area contributed by atoms with Crippen molar-refractivity contribution in [3.8, 4) is 5.75 Å². The molecule has 0 atom stereocenters. The van der Waals surface area contributed by atoms with Crippen LogP contribution in [0.3, 0.4) is 0 Å². The molecule has 0 aliphatic rings. The molecule has 1 aromatic carbocycles. The van der Waals surface area contributed by atoms with Gasteiger partial charge in [-0.3, -0.25) is 0 Å². The second-order valence-corrected chi connectivity index (χ2v) is 4.01. The van der Waals surface area contributed by atoms with Crippen molar-refractivity contribution in [3.05, 3.63) is 63.0 Å². The molecule has 0 unspecified atom stereocenters. The fraction of sp³-hybridized carbons (Fsp3) is 0.0833. The van der Waals surface area contributed by atoms with Crippen LogP contribution < -0.4 is 4.74 Å². The number of ether oxygens (including phenoxy) is 1. The van der Waals surface area contributed by atoms with Crippen molar-refractivity contribution in [2.24, 2.45) is 0 Å². The molecule has 1 aromatic heterocycles. The van der Waals surface area contributed by atoms with Gasteiger partial charge in [0.15, 0.2) is 0 Å². The Morgan fingerprint density at radius 2 is 2.21 bits per heavy atom. The van der Waals surface area contributed by atoms with Crippen LogP contribution in [0.2, 0.25) is 5.02 Å². The first-order valence-corrected chi connectivity index (χ1v) is 5.62. The highest BCUT2D eigenvalue weighted by molar-refractivity contribution is 6.31. The standard InChI is InChI=1S/C12H8ClFN2O3/c13-10-4-3-9(14)6-8(10)7-19-11-2-1-5-15-12(11)16(17)18/h1-6H,7H2. The van der Waals surface area contributed by atoms with Crippen LogP contribution in [-0.4, -0.2) is 9.91 Å². The summed E-state index contributed by atoms with van der Waals surface area (Å²) < 4.78 is 18.3. The van der Waals surface area contributed by atoms with Crippen LogP contribution in [-0.2, 0) is 6.61 Å². The lowest BCUT2D eigenvalue weighted by atomic mass is 10.2. The smallest absolute Gasteiger partial charge is 0.406 e. The maximum absolute atomic E-state index is 13.0. The van der Waals surface area contributed by atoms with Crippen LogP contribution >= 0.6 is 11.6 Å². The van der Waals surface area contributed by atoms with Gasteiger partial charge in [-0.25, -0.2) is 4.39 Å². The van der Waals surface area contributed by atoms with E-state index in [-0.39, 0.29) is 12.4 Å². The van der Waals surface area contributed by atoms with E-state index >= 15 is 0 Å². The van der Waals surface area contributed by atoms with Crippen molar-refractivity contribution >= 4 is 17.4 Å². The quantitative estimate of drug-likeness (QED) is 0.637. The minimum Gasteiger partial charge on any atom is -0.481 e. The monoisotopic (exact) mass is 282 g/mol. The van der Waals surface area contributed by atoms with Gasteiger partial charge in [0.1, 0.15) is 18.6 Å². The molecule has 0 aliphatic heterocycles. The van der Waals surface area contributed by atoms with Gasteiger partial charge in [0.2, 0.25) is 5.75 Å². The summed E-state index contributed by atoms with van der Waals surface area (Å²) in [5.74, 6) is -0.841. The van der Waals surface area contributed by atoms with E-state index in [0.717, 1.165) is 0 Å². The number of hydrogen-bond acceptors (Lipinski definition) is 4. The molecule has 2 aromatic rings. The van der Waals surface area contributed by atoms with Crippen LogP contribution in [0.1, 0.15) is 5.56 Å². The Hall–Kier alpha value is -2.21. The summed E-state index contributed by atoms with van der Waals surface area (Å²) in [4.78, 5) is 13.7. The average molecular weight is 283 g/mol. The minimum atomic E-state index is -0.650. The van der Waals surface area contributed by atoms with Gasteiger partial charge in [-0.1, -0.05) is 11.6 Å². The molecule has 0 bridgehead atoms. The molecule has 0 N–H and O–H groups in total. The normalized spacial score (nSPS) is 10.2. The summed E-state index contributed by atoms with van der Waals surface area (Å²) in [5, 5.41) is 11.1. The molecule has 98 valence electrons. The molecular formula is C12H8ClFN2O3. The van der Waals surface area contributed by atoms with E-state index in [2.05, 4.69) is 4.98 Å². The zero-order valence-electron chi connectivity index (χ0n) is 9.55. The SMILES string of the molecule is O=[N+]([O-])c1ncccc1OCc1cc(F)ccc1Cl. The highest BCUT2D eigenvalue weighted by atomic mass is 35.5. The summed E-state index contributed by atoms with van der Waals surface area (Å²) in [5.41, 5.74) is 0.403. The Balaban J connectivity index is 2.19. The second-order valence-electron chi connectivity index (χ2n) is 3.61. The summed E-state index contributed by atoms with van der Waals surface area (Å²) in [6.45, 7) is -0.0802. The van der Waals surface area contributed by atoms with Crippen molar-refractivity contribution in [1.29, 1.82) is 0 Å². The van der Waals surface area contributed by atoms with Gasteiger partial charge in [0, 0.05) is 10.6 Å². The average Bonchev–Trinajstić information content (AvgIpc) is 2.40. The van der Waals surface area contributed by atoms with Crippen LogP contribution in [0, 0.1) is 15.9 Å². The van der Waals surface area contributed by atoms with Gasteiger partial charge in [0.05, 0.1) is 0 Å². The maximum atomic E-state index is 13.0. The Kier molecular flexibility index (Phi) is 3.91. The van der Waals surface area contributed by atoms with Crippen molar-refractivity contribution in [3.63, 3.8) is 0 Å². The second kappa shape index (κ2) is 5.62. The Bertz CT molecular complexity index is 622. The van der Waals surface area contributed by atoms with Gasteiger partial charge in [-0.2, -0.15) is 0 Å². The Morgan fingerprint density at radius 3 is 2.95 bits per heavy atom. The van der Waals surface area contributed by atoms with Gasteiger partial charge in [0.25, 0.3) is 0 Å². The van der Waals surface area contributed by atoms with Gasteiger partial charge >= 0.3 is 5.82 Å². The number of rotatable bonds is 4. The van der Waals surface area contributed by atoms with Crippen LogP contribution in [0.4, 0.5) is 10.2 Å². The van der Waals surface area contributed by atoms with Gasteiger partial charge < -0.3 is 14.9 Å². The molecule has 0 amide bonds. The largest absolute Gasteiger partial charge is 0.481 e. The number of nitrogens with zero attached hydrogens (tertiary/aromatic N) is 2. The first-order chi connectivity index (χ1) is 9.08. The van der Waals surface area contributed by atoms with E-state index in [0.29, 0.717) is 10.6 Å². The summed E-state index contributed by atoms with van der Waals surface area (Å²) in [7, 11) is 0. The third-order valence-electron chi connectivity index (χ3n) is 2.31. The van der Waals surface area contributed by atoms with Gasteiger partial charge in [-0.05, 0) is 40.2 Å².